The highest BCUT2D eigenvalue weighted by atomic mass is 16.7. The Labute approximate surface area is 170 Å². The molecule has 7 nitrogen and oxygen atoms in total. The second-order valence-electron chi connectivity index (χ2n) is 8.44. The molecule has 0 spiro atoms. The third-order valence-electron chi connectivity index (χ3n) is 5.24. The van der Waals surface area contributed by atoms with Crippen LogP contribution in [0.25, 0.3) is 5.70 Å². The van der Waals surface area contributed by atoms with E-state index in [1.54, 1.807) is 15.9 Å². The zero-order valence-corrected chi connectivity index (χ0v) is 17.1. The minimum atomic E-state index is -0.497. The normalized spacial score (nSPS) is 18.1. The van der Waals surface area contributed by atoms with Crippen LogP contribution in [-0.2, 0) is 4.74 Å². The molecular weight excluding hydrogens is 372 g/mol. The highest BCUT2D eigenvalue weighted by Crippen LogP contribution is 2.41. The molecule has 3 heterocycles. The monoisotopic (exact) mass is 398 g/mol. The van der Waals surface area contributed by atoms with E-state index in [4.69, 9.17) is 14.2 Å². The lowest BCUT2D eigenvalue weighted by Crippen LogP contribution is -2.39. The van der Waals surface area contributed by atoms with E-state index in [9.17, 15) is 9.59 Å². The minimum Gasteiger partial charge on any atom is -0.454 e. The van der Waals surface area contributed by atoms with Crippen LogP contribution < -0.4 is 9.47 Å². The first kappa shape index (κ1) is 19.4. The first-order chi connectivity index (χ1) is 13.7. The van der Waals surface area contributed by atoms with Crippen molar-refractivity contribution in [2.45, 2.75) is 39.2 Å². The number of ether oxygens (including phenoxy) is 3. The van der Waals surface area contributed by atoms with Gasteiger partial charge in [-0.1, -0.05) is 18.2 Å². The van der Waals surface area contributed by atoms with Crippen LogP contribution in [0.3, 0.4) is 0 Å². The van der Waals surface area contributed by atoms with Gasteiger partial charge in [-0.2, -0.15) is 0 Å². The van der Waals surface area contributed by atoms with Crippen molar-refractivity contribution in [1.82, 2.24) is 9.80 Å². The Hall–Kier alpha value is -2.96. The summed E-state index contributed by atoms with van der Waals surface area (Å²) < 4.78 is 16.2. The number of benzene rings is 1. The Morgan fingerprint density at radius 3 is 2.52 bits per heavy atom. The summed E-state index contributed by atoms with van der Waals surface area (Å²) in [6.07, 6.45) is 3.29. The Morgan fingerprint density at radius 1 is 1.21 bits per heavy atom. The molecular formula is C22H26N2O5. The molecule has 154 valence electrons. The fourth-order valence-electron chi connectivity index (χ4n) is 3.69. The molecule has 0 radical (unpaired) electrons. The fraction of sp³-hybridized carbons (Fsp3) is 0.455. The lowest BCUT2D eigenvalue weighted by Gasteiger charge is -2.30. The zero-order valence-electron chi connectivity index (χ0n) is 17.1. The van der Waals surface area contributed by atoms with Crippen LogP contribution in [0.2, 0.25) is 0 Å². The number of nitrogens with zero attached hydrogens (tertiary/aromatic N) is 2. The number of carbonyl (C=O) groups is 2. The van der Waals surface area contributed by atoms with Gasteiger partial charge in [-0.15, -0.1) is 0 Å². The molecule has 0 atom stereocenters. The largest absolute Gasteiger partial charge is 0.454 e. The minimum absolute atomic E-state index is 0.0601. The molecule has 29 heavy (non-hydrogen) atoms. The first-order valence-corrected chi connectivity index (χ1v) is 9.83. The van der Waals surface area contributed by atoms with E-state index in [1.165, 1.54) is 5.57 Å². The van der Waals surface area contributed by atoms with Gasteiger partial charge in [-0.3, -0.25) is 4.79 Å². The second-order valence-corrected chi connectivity index (χ2v) is 8.44. The van der Waals surface area contributed by atoms with Gasteiger partial charge in [0.15, 0.2) is 11.5 Å². The van der Waals surface area contributed by atoms with E-state index in [2.05, 4.69) is 12.7 Å². The number of amides is 2. The molecule has 0 N–H and O–H groups in total. The molecule has 3 aliphatic heterocycles. The number of hydrogen-bond acceptors (Lipinski definition) is 5. The van der Waals surface area contributed by atoms with E-state index in [1.807, 2.05) is 26.8 Å². The Morgan fingerprint density at radius 2 is 1.90 bits per heavy atom. The molecule has 0 aliphatic carbocycles. The highest BCUT2D eigenvalue weighted by Gasteiger charge is 2.34. The molecule has 0 saturated carbocycles. The molecule has 0 bridgehead atoms. The molecule has 0 unspecified atom stereocenters. The quantitative estimate of drug-likeness (QED) is 0.725. The van der Waals surface area contributed by atoms with Gasteiger partial charge >= 0.3 is 6.09 Å². The van der Waals surface area contributed by atoms with E-state index < -0.39 is 5.60 Å². The van der Waals surface area contributed by atoms with Crippen LogP contribution in [0.15, 0.2) is 30.4 Å². The number of carbonyl (C=O) groups excluding carboxylic acids is 2. The van der Waals surface area contributed by atoms with Crippen molar-refractivity contribution in [1.29, 1.82) is 0 Å². The number of hydrogen-bond donors (Lipinski definition) is 0. The van der Waals surface area contributed by atoms with Crippen molar-refractivity contribution in [2.24, 2.45) is 0 Å². The first-order valence-electron chi connectivity index (χ1n) is 9.83. The Balaban J connectivity index is 1.36. The molecule has 3 aliphatic rings. The Kier molecular flexibility index (Phi) is 4.76. The summed E-state index contributed by atoms with van der Waals surface area (Å²) in [4.78, 5) is 28.4. The summed E-state index contributed by atoms with van der Waals surface area (Å²) in [6.45, 7) is 11.6. The van der Waals surface area contributed by atoms with Crippen LogP contribution in [0.5, 0.6) is 11.5 Å². The van der Waals surface area contributed by atoms with Gasteiger partial charge in [0, 0.05) is 30.9 Å². The van der Waals surface area contributed by atoms with Crippen molar-refractivity contribution in [2.75, 3.05) is 26.4 Å². The lowest BCUT2D eigenvalue weighted by molar-refractivity contribution is 0.0265. The van der Waals surface area contributed by atoms with Crippen molar-refractivity contribution in [3.8, 4) is 11.5 Å². The predicted molar refractivity (Wildman–Crippen MR) is 108 cm³/mol. The van der Waals surface area contributed by atoms with Gasteiger partial charge in [0.1, 0.15) is 5.60 Å². The van der Waals surface area contributed by atoms with Gasteiger partial charge in [-0.25, -0.2) is 4.79 Å². The maximum absolute atomic E-state index is 12.8. The molecule has 0 saturated heterocycles. The van der Waals surface area contributed by atoms with Crippen molar-refractivity contribution in [3.05, 3.63) is 41.5 Å². The number of fused-ring (bicyclic) bond motifs is 2. The molecule has 0 fully saturated rings. The Bertz CT molecular complexity index is 870. The SMILES string of the molecule is C=C1c2cc3c(cc2C(=O)N1CCC1=CCN(C(=O)OC(C)(C)C)CC1)OCO3. The average Bonchev–Trinajstić information content (AvgIpc) is 3.21. The van der Waals surface area contributed by atoms with Crippen LogP contribution in [0.4, 0.5) is 4.79 Å². The van der Waals surface area contributed by atoms with Crippen LogP contribution in [-0.4, -0.2) is 53.8 Å². The van der Waals surface area contributed by atoms with E-state index >= 15 is 0 Å². The van der Waals surface area contributed by atoms with Gasteiger partial charge in [-0.05, 0) is 45.7 Å². The predicted octanol–water partition coefficient (Wildman–Crippen LogP) is 3.80. The van der Waals surface area contributed by atoms with Crippen molar-refractivity contribution >= 4 is 17.7 Å². The van der Waals surface area contributed by atoms with E-state index in [0.29, 0.717) is 42.4 Å². The van der Waals surface area contributed by atoms with Crippen LogP contribution in [0.1, 0.15) is 49.5 Å². The van der Waals surface area contributed by atoms with Gasteiger partial charge < -0.3 is 24.0 Å². The highest BCUT2D eigenvalue weighted by molar-refractivity contribution is 6.09. The van der Waals surface area contributed by atoms with Gasteiger partial charge in [0.05, 0.1) is 5.56 Å². The summed E-state index contributed by atoms with van der Waals surface area (Å²) in [6, 6.07) is 3.57. The van der Waals surface area contributed by atoms with E-state index in [-0.39, 0.29) is 18.8 Å². The molecule has 1 aromatic carbocycles. The smallest absolute Gasteiger partial charge is 0.410 e. The van der Waals surface area contributed by atoms with Crippen molar-refractivity contribution < 1.29 is 23.8 Å². The maximum atomic E-state index is 12.8. The number of rotatable bonds is 3. The molecule has 2 amide bonds. The summed E-state index contributed by atoms with van der Waals surface area (Å²) >= 11 is 0. The third kappa shape index (κ3) is 3.81. The molecule has 1 aromatic rings. The summed E-state index contributed by atoms with van der Waals surface area (Å²) in [5.41, 5.74) is 2.83. The summed E-state index contributed by atoms with van der Waals surface area (Å²) in [7, 11) is 0. The maximum Gasteiger partial charge on any atom is 0.410 e. The molecule has 7 heteroatoms. The third-order valence-corrected chi connectivity index (χ3v) is 5.24. The second kappa shape index (κ2) is 7.13. The van der Waals surface area contributed by atoms with Gasteiger partial charge in [0.25, 0.3) is 5.91 Å². The van der Waals surface area contributed by atoms with Crippen LogP contribution >= 0.6 is 0 Å². The topological polar surface area (TPSA) is 68.3 Å². The summed E-state index contributed by atoms with van der Waals surface area (Å²) in [5, 5.41) is 0. The average molecular weight is 398 g/mol. The fourth-order valence-corrected chi connectivity index (χ4v) is 3.69. The standard InChI is InChI=1S/C22H26N2O5/c1-14-16-11-18-19(28-13-27-18)12-17(16)20(25)24(14)10-7-15-5-8-23(9-6-15)21(26)29-22(2,3)4/h5,11-12H,1,6-10,13H2,2-4H3. The van der Waals surface area contributed by atoms with E-state index in [0.717, 1.165) is 18.4 Å². The molecule has 0 aromatic heterocycles. The summed E-state index contributed by atoms with van der Waals surface area (Å²) in [5.74, 6) is 1.19. The zero-order chi connectivity index (χ0) is 20.8. The van der Waals surface area contributed by atoms with Crippen molar-refractivity contribution in [3.63, 3.8) is 0 Å². The van der Waals surface area contributed by atoms with Gasteiger partial charge in [0.2, 0.25) is 6.79 Å². The van der Waals surface area contributed by atoms with Crippen LogP contribution in [0, 0.1) is 0 Å². The molecule has 4 rings (SSSR count). The lowest BCUT2D eigenvalue weighted by atomic mass is 10.0.